The summed E-state index contributed by atoms with van der Waals surface area (Å²) in [4.78, 5) is 40.8. The van der Waals surface area contributed by atoms with Crippen LogP contribution in [0.1, 0.15) is 34.1 Å². The fourth-order valence-electron chi connectivity index (χ4n) is 3.27. The molecule has 162 valence electrons. The molecule has 2 amide bonds. The number of rotatable bonds is 5. The van der Waals surface area contributed by atoms with Crippen LogP contribution in [0.3, 0.4) is 0 Å². The van der Waals surface area contributed by atoms with Gasteiger partial charge in [-0.05, 0) is 36.6 Å². The highest BCUT2D eigenvalue weighted by Gasteiger charge is 2.29. The smallest absolute Gasteiger partial charge is 0.325 e. The van der Waals surface area contributed by atoms with Crippen LogP contribution in [0.4, 0.5) is 0 Å². The third-order valence-electron chi connectivity index (χ3n) is 4.93. The quantitative estimate of drug-likeness (QED) is 0.583. The summed E-state index contributed by atoms with van der Waals surface area (Å²) in [5.74, 6) is -2.17. The van der Waals surface area contributed by atoms with Gasteiger partial charge < -0.3 is 21.1 Å². The molecule has 2 aromatic rings. The van der Waals surface area contributed by atoms with Crippen molar-refractivity contribution in [1.82, 2.24) is 10.2 Å². The standard InChI is InChI=1S/C21H20Cl2N4O4/c1-11(21(30)31)26-19(28)17-15(22)8-12-10-27(7-5-14(12)18(17)23)20(29)16(24)9-13-4-2-3-6-25-13/h2-4,6,8-9,11H,5,7,10,24H2,1H3,(H,26,28)(H,30,31)/p+1/t11-/m0/s1. The van der Waals surface area contributed by atoms with Gasteiger partial charge in [-0.2, -0.15) is 0 Å². The number of carbonyl (C=O) groups is 3. The zero-order chi connectivity index (χ0) is 22.7. The van der Waals surface area contributed by atoms with Crippen LogP contribution in [0.25, 0.3) is 6.08 Å². The van der Waals surface area contributed by atoms with Gasteiger partial charge in [0.15, 0.2) is 6.20 Å². The first kappa shape index (κ1) is 22.6. The molecule has 0 saturated heterocycles. The summed E-state index contributed by atoms with van der Waals surface area (Å²) in [5, 5.41) is 11.6. The summed E-state index contributed by atoms with van der Waals surface area (Å²) in [6.45, 7) is 1.93. The maximum Gasteiger partial charge on any atom is 0.325 e. The number of pyridine rings is 1. The topological polar surface area (TPSA) is 127 Å². The molecule has 0 aliphatic carbocycles. The number of H-pyrrole nitrogens is 1. The molecule has 3 rings (SSSR count). The third kappa shape index (κ3) is 4.98. The van der Waals surface area contributed by atoms with E-state index in [1.54, 1.807) is 29.3 Å². The van der Waals surface area contributed by atoms with Crippen molar-refractivity contribution in [2.75, 3.05) is 6.54 Å². The highest BCUT2D eigenvalue weighted by atomic mass is 35.5. The zero-order valence-electron chi connectivity index (χ0n) is 16.6. The van der Waals surface area contributed by atoms with Crippen molar-refractivity contribution in [1.29, 1.82) is 0 Å². The second-order valence-electron chi connectivity index (χ2n) is 7.11. The van der Waals surface area contributed by atoms with Crippen molar-refractivity contribution in [2.45, 2.75) is 25.9 Å². The Morgan fingerprint density at radius 2 is 2.06 bits per heavy atom. The molecule has 0 fully saturated rings. The Morgan fingerprint density at radius 1 is 1.32 bits per heavy atom. The minimum atomic E-state index is -1.17. The molecule has 5 N–H and O–H groups in total. The van der Waals surface area contributed by atoms with Crippen LogP contribution in [-0.4, -0.2) is 40.4 Å². The van der Waals surface area contributed by atoms with E-state index in [1.807, 2.05) is 12.1 Å². The average molecular weight is 464 g/mol. The molecule has 8 nitrogen and oxygen atoms in total. The van der Waals surface area contributed by atoms with Gasteiger partial charge in [0.1, 0.15) is 11.7 Å². The zero-order valence-corrected chi connectivity index (χ0v) is 18.1. The molecule has 31 heavy (non-hydrogen) atoms. The molecule has 2 heterocycles. The number of nitrogens with two attached hydrogens (primary N) is 1. The molecular formula is C21H21Cl2N4O4+. The van der Waals surface area contributed by atoms with Crippen LogP contribution >= 0.6 is 23.2 Å². The van der Waals surface area contributed by atoms with Crippen molar-refractivity contribution in [3.63, 3.8) is 0 Å². The van der Waals surface area contributed by atoms with Crippen molar-refractivity contribution < 1.29 is 24.5 Å². The molecule has 0 bridgehead atoms. The Balaban J connectivity index is 1.82. The van der Waals surface area contributed by atoms with Crippen LogP contribution in [-0.2, 0) is 22.6 Å². The fraction of sp³-hybridized carbons (Fsp3) is 0.238. The summed E-state index contributed by atoms with van der Waals surface area (Å²) >= 11 is 12.7. The van der Waals surface area contributed by atoms with Crippen LogP contribution < -0.4 is 16.0 Å². The van der Waals surface area contributed by atoms with Gasteiger partial charge in [0.05, 0.1) is 15.6 Å². The number of fused-ring (bicyclic) bond motifs is 1. The van der Waals surface area contributed by atoms with Gasteiger partial charge in [-0.15, -0.1) is 0 Å². The normalized spacial score (nSPS) is 14.5. The number of aromatic amines is 1. The molecule has 1 aromatic carbocycles. The number of carbonyl (C=O) groups excluding carboxylic acids is 2. The summed E-state index contributed by atoms with van der Waals surface area (Å²) in [5.41, 5.74) is 8.20. The van der Waals surface area contributed by atoms with Crippen LogP contribution in [0.15, 0.2) is 36.2 Å². The number of aromatic nitrogens is 1. The molecule has 0 radical (unpaired) electrons. The number of nitrogens with one attached hydrogen (secondary N) is 2. The Hall–Kier alpha value is -3.10. The molecule has 1 aromatic heterocycles. The van der Waals surface area contributed by atoms with Gasteiger partial charge in [0.2, 0.25) is 5.69 Å². The van der Waals surface area contributed by atoms with Gasteiger partial charge in [0.25, 0.3) is 11.8 Å². The molecule has 1 aliphatic heterocycles. The summed E-state index contributed by atoms with van der Waals surface area (Å²) in [6.07, 6.45) is 3.70. The van der Waals surface area contributed by atoms with Crippen molar-refractivity contribution in [2.24, 2.45) is 5.73 Å². The minimum Gasteiger partial charge on any atom is -0.480 e. The van der Waals surface area contributed by atoms with Crippen molar-refractivity contribution >= 4 is 47.1 Å². The van der Waals surface area contributed by atoms with E-state index in [0.717, 1.165) is 0 Å². The lowest BCUT2D eigenvalue weighted by molar-refractivity contribution is -0.380. The van der Waals surface area contributed by atoms with E-state index in [1.165, 1.54) is 6.92 Å². The number of aliphatic carboxylic acids is 1. The highest BCUT2D eigenvalue weighted by Crippen LogP contribution is 2.34. The molecule has 1 aliphatic rings. The maximum absolute atomic E-state index is 12.8. The van der Waals surface area contributed by atoms with Gasteiger partial charge >= 0.3 is 5.97 Å². The van der Waals surface area contributed by atoms with Crippen LogP contribution in [0, 0.1) is 0 Å². The number of hydrogen-bond donors (Lipinski definition) is 3. The summed E-state index contributed by atoms with van der Waals surface area (Å²) in [6, 6.07) is 5.92. The molecule has 0 spiro atoms. The van der Waals surface area contributed by atoms with Gasteiger partial charge in [0, 0.05) is 31.3 Å². The van der Waals surface area contributed by atoms with Crippen molar-refractivity contribution in [3.8, 4) is 0 Å². The number of hydrogen-bond acceptors (Lipinski definition) is 4. The minimum absolute atomic E-state index is 0.0222. The predicted octanol–water partition coefficient (Wildman–Crippen LogP) is 1.89. The number of amides is 2. The number of nitrogens with zero attached hydrogens (tertiary/aromatic N) is 1. The van der Waals surface area contributed by atoms with Gasteiger partial charge in [-0.1, -0.05) is 23.2 Å². The SMILES string of the molecule is C[C@H](NC(=O)c1c(Cl)cc2c(c1Cl)CCN(C(=O)C(N)=Cc1cccc[nH+]1)C2)C(=O)O. The van der Waals surface area contributed by atoms with E-state index in [-0.39, 0.29) is 33.8 Å². The number of benzene rings is 1. The Morgan fingerprint density at radius 3 is 2.71 bits per heavy atom. The highest BCUT2D eigenvalue weighted by molar-refractivity contribution is 6.40. The summed E-state index contributed by atoms with van der Waals surface area (Å²) < 4.78 is 0. The largest absolute Gasteiger partial charge is 0.480 e. The van der Waals surface area contributed by atoms with E-state index >= 15 is 0 Å². The monoisotopic (exact) mass is 463 g/mol. The lowest BCUT2D eigenvalue weighted by Crippen LogP contribution is -2.40. The second kappa shape index (κ2) is 9.36. The average Bonchev–Trinajstić information content (AvgIpc) is 2.73. The number of carboxylic acids is 1. The third-order valence-corrected chi connectivity index (χ3v) is 5.64. The molecule has 10 heteroatoms. The van der Waals surface area contributed by atoms with E-state index in [0.29, 0.717) is 29.8 Å². The first-order chi connectivity index (χ1) is 14.7. The van der Waals surface area contributed by atoms with E-state index < -0.39 is 17.9 Å². The summed E-state index contributed by atoms with van der Waals surface area (Å²) in [7, 11) is 0. The Kier molecular flexibility index (Phi) is 6.82. The van der Waals surface area contributed by atoms with Gasteiger partial charge in [-0.25, -0.2) is 4.98 Å². The molecule has 0 unspecified atom stereocenters. The van der Waals surface area contributed by atoms with Gasteiger partial charge in [-0.3, -0.25) is 14.4 Å². The van der Waals surface area contributed by atoms with E-state index in [2.05, 4.69) is 10.3 Å². The predicted molar refractivity (Wildman–Crippen MR) is 115 cm³/mol. The maximum atomic E-state index is 12.8. The molecule has 1 atom stereocenters. The van der Waals surface area contributed by atoms with Crippen molar-refractivity contribution in [3.05, 3.63) is 68.6 Å². The fourth-order valence-corrected chi connectivity index (χ4v) is 4.04. The lowest BCUT2D eigenvalue weighted by atomic mass is 9.96. The van der Waals surface area contributed by atoms with Crippen LogP contribution in [0.5, 0.6) is 0 Å². The van der Waals surface area contributed by atoms with Crippen LogP contribution in [0.2, 0.25) is 10.0 Å². The molecular weight excluding hydrogens is 443 g/mol. The second-order valence-corrected chi connectivity index (χ2v) is 7.90. The lowest BCUT2D eigenvalue weighted by Gasteiger charge is -2.30. The number of carboxylic acid groups (broad SMARTS) is 1. The Labute approximate surface area is 188 Å². The molecule has 0 saturated carbocycles. The first-order valence-corrected chi connectivity index (χ1v) is 10.2. The Bertz CT molecular complexity index is 1070. The van der Waals surface area contributed by atoms with E-state index in [9.17, 15) is 14.4 Å². The first-order valence-electron chi connectivity index (χ1n) is 9.45. The van der Waals surface area contributed by atoms with E-state index in [4.69, 9.17) is 34.0 Å². The number of halogens is 2.